The van der Waals surface area contributed by atoms with Crippen molar-refractivity contribution >= 4 is 43.0 Å². The van der Waals surface area contributed by atoms with Gasteiger partial charge >= 0.3 is 21.5 Å². The molecule has 0 radical (unpaired) electrons. The second kappa shape index (κ2) is 7.35. The van der Waals surface area contributed by atoms with Crippen LogP contribution in [0.5, 0.6) is 0 Å². The maximum absolute atomic E-state index is 11.7. The Bertz CT molecular complexity index is 1210. The lowest BCUT2D eigenvalue weighted by Gasteiger charge is -2.08. The lowest BCUT2D eigenvalue weighted by Crippen LogP contribution is -2.13. The van der Waals surface area contributed by atoms with Gasteiger partial charge in [0.05, 0.1) is 21.6 Å². The summed E-state index contributed by atoms with van der Waals surface area (Å²) < 4.78 is 65.2. The van der Waals surface area contributed by atoms with Gasteiger partial charge in [-0.1, -0.05) is 18.2 Å². The molecule has 28 heavy (non-hydrogen) atoms. The molecule has 0 aliphatic carbocycles. The third-order valence-corrected chi connectivity index (χ3v) is 5.07. The molecular formula is C12H8N4O10S2. The first-order valence-corrected chi connectivity index (χ1v) is 9.63. The highest BCUT2D eigenvalue weighted by Crippen LogP contribution is 2.44. The minimum Gasteiger partial charge on any atom is -0.282 e. The summed E-state index contributed by atoms with van der Waals surface area (Å²) >= 11 is 0. The van der Waals surface area contributed by atoms with Crippen LogP contribution in [0.2, 0.25) is 0 Å². The van der Waals surface area contributed by atoms with Gasteiger partial charge in [0, 0.05) is 0 Å². The summed E-state index contributed by atoms with van der Waals surface area (Å²) in [5.41, 5.74) is -4.37. The molecule has 0 aromatic heterocycles. The predicted molar refractivity (Wildman–Crippen MR) is 90.0 cm³/mol. The fraction of sp³-hybridized carbons (Fsp3) is 0. The normalized spacial score (nSPS) is 12.2. The Morgan fingerprint density at radius 1 is 0.821 bits per heavy atom. The van der Waals surface area contributed by atoms with Gasteiger partial charge in [0.1, 0.15) is 5.69 Å². The molecule has 0 unspecified atom stereocenters. The van der Waals surface area contributed by atoms with E-state index in [1.165, 1.54) is 24.3 Å². The third-order valence-electron chi connectivity index (χ3n) is 3.09. The van der Waals surface area contributed by atoms with E-state index in [0.29, 0.717) is 0 Å². The predicted octanol–water partition coefficient (Wildman–Crippen LogP) is 2.41. The summed E-state index contributed by atoms with van der Waals surface area (Å²) in [5.74, 6) is 0. The van der Waals surface area contributed by atoms with Crippen molar-refractivity contribution in [3.05, 3.63) is 56.6 Å². The molecule has 0 fully saturated rings. The number of hydrogen-bond donors (Lipinski definition) is 2. The van der Waals surface area contributed by atoms with Crippen LogP contribution in [0.15, 0.2) is 56.4 Å². The van der Waals surface area contributed by atoms with E-state index in [9.17, 15) is 46.2 Å². The van der Waals surface area contributed by atoms with Gasteiger partial charge in [-0.05, 0) is 12.1 Å². The Balaban J connectivity index is 3.04. The molecule has 0 atom stereocenters. The fourth-order valence-corrected chi connectivity index (χ4v) is 4.18. The van der Waals surface area contributed by atoms with E-state index in [4.69, 9.17) is 0 Å². The lowest BCUT2D eigenvalue weighted by atomic mass is 10.2. The average Bonchev–Trinajstić information content (AvgIpc) is 2.57. The summed E-state index contributed by atoms with van der Waals surface area (Å²) in [7, 11) is -11.3. The second-order valence-electron chi connectivity index (χ2n) is 4.92. The van der Waals surface area contributed by atoms with Gasteiger partial charge in [-0.25, -0.2) is 0 Å². The van der Waals surface area contributed by atoms with Gasteiger partial charge in [-0.15, -0.1) is 5.11 Å². The van der Waals surface area contributed by atoms with E-state index in [1.807, 2.05) is 0 Å². The molecular weight excluding hydrogens is 424 g/mol. The Hall–Kier alpha value is -3.34. The van der Waals surface area contributed by atoms with Crippen molar-refractivity contribution in [2.24, 2.45) is 10.2 Å². The average molecular weight is 432 g/mol. The minimum atomic E-state index is -5.74. The van der Waals surface area contributed by atoms with E-state index in [1.54, 1.807) is 6.07 Å². The quantitative estimate of drug-likeness (QED) is 0.293. The van der Waals surface area contributed by atoms with E-state index in [-0.39, 0.29) is 11.8 Å². The maximum atomic E-state index is 11.7. The van der Waals surface area contributed by atoms with Gasteiger partial charge in [-0.3, -0.25) is 29.3 Å². The van der Waals surface area contributed by atoms with Gasteiger partial charge in [-0.2, -0.15) is 21.9 Å². The van der Waals surface area contributed by atoms with Crippen molar-refractivity contribution in [1.82, 2.24) is 0 Å². The Morgan fingerprint density at radius 3 is 1.79 bits per heavy atom. The highest BCUT2D eigenvalue weighted by atomic mass is 32.2. The van der Waals surface area contributed by atoms with E-state index in [0.717, 1.165) is 0 Å². The standard InChI is InChI=1S/C12H8N4O10S2/c17-15(18)9-6-8(14-13-7-4-2-1-3-5-7)11(27(21,22)23)12(28(24,25)26)10(9)16(19)20/h1-6H,(H,21,22,23)(H,24,25,26). The molecule has 0 bridgehead atoms. The van der Waals surface area contributed by atoms with Crippen molar-refractivity contribution in [3.8, 4) is 0 Å². The molecule has 0 saturated heterocycles. The third kappa shape index (κ3) is 4.31. The number of hydrogen-bond acceptors (Lipinski definition) is 10. The molecule has 16 heteroatoms. The van der Waals surface area contributed by atoms with Crippen LogP contribution in [0.1, 0.15) is 0 Å². The molecule has 2 rings (SSSR count). The van der Waals surface area contributed by atoms with Gasteiger partial charge < -0.3 is 0 Å². The van der Waals surface area contributed by atoms with Gasteiger partial charge in [0.2, 0.25) is 4.90 Å². The second-order valence-corrected chi connectivity index (χ2v) is 7.64. The summed E-state index contributed by atoms with van der Waals surface area (Å²) in [4.78, 5) is 15.6. The summed E-state index contributed by atoms with van der Waals surface area (Å²) in [6.07, 6.45) is 0. The molecule has 2 aromatic rings. The fourth-order valence-electron chi connectivity index (χ4n) is 2.09. The molecule has 0 spiro atoms. The molecule has 2 aromatic carbocycles. The van der Waals surface area contributed by atoms with Crippen LogP contribution in [-0.4, -0.2) is 35.8 Å². The van der Waals surface area contributed by atoms with Crippen LogP contribution in [0.3, 0.4) is 0 Å². The Morgan fingerprint density at radius 2 is 1.36 bits per heavy atom. The summed E-state index contributed by atoms with van der Waals surface area (Å²) in [6, 6.07) is 7.58. The zero-order valence-corrected chi connectivity index (χ0v) is 14.9. The van der Waals surface area contributed by atoms with Crippen LogP contribution in [0.4, 0.5) is 22.7 Å². The van der Waals surface area contributed by atoms with Crippen molar-refractivity contribution in [3.63, 3.8) is 0 Å². The van der Waals surface area contributed by atoms with Crippen LogP contribution < -0.4 is 0 Å². The molecule has 0 aliphatic heterocycles. The molecule has 0 heterocycles. The van der Waals surface area contributed by atoms with Crippen LogP contribution in [0, 0.1) is 20.2 Å². The SMILES string of the molecule is O=[N+]([O-])c1cc(N=Nc2ccccc2)c(S(=O)(=O)O)c(S(=O)(=O)O)c1[N+](=O)[O-]. The van der Waals surface area contributed by atoms with Crippen LogP contribution >= 0.6 is 0 Å². The van der Waals surface area contributed by atoms with E-state index < -0.39 is 56.9 Å². The molecule has 148 valence electrons. The lowest BCUT2D eigenvalue weighted by molar-refractivity contribution is -0.424. The first kappa shape index (κ1) is 21.0. The number of benzene rings is 2. The largest absolute Gasteiger partial charge is 0.368 e. The zero-order chi connectivity index (χ0) is 21.3. The number of nitrogens with zero attached hydrogens (tertiary/aromatic N) is 4. The van der Waals surface area contributed by atoms with Gasteiger partial charge in [0.15, 0.2) is 4.90 Å². The highest BCUT2D eigenvalue weighted by molar-refractivity contribution is 7.89. The summed E-state index contributed by atoms with van der Waals surface area (Å²) in [6.45, 7) is 0. The molecule has 0 amide bonds. The highest BCUT2D eigenvalue weighted by Gasteiger charge is 2.43. The first-order chi connectivity index (χ1) is 12.8. The monoisotopic (exact) mass is 432 g/mol. The van der Waals surface area contributed by atoms with Crippen LogP contribution in [0.25, 0.3) is 0 Å². The van der Waals surface area contributed by atoms with Crippen molar-refractivity contribution in [2.45, 2.75) is 9.79 Å². The smallest absolute Gasteiger partial charge is 0.282 e. The number of rotatable bonds is 6. The van der Waals surface area contributed by atoms with Gasteiger partial charge in [0.25, 0.3) is 10.1 Å². The Labute approximate surface area is 155 Å². The van der Waals surface area contributed by atoms with Crippen LogP contribution in [-0.2, 0) is 20.2 Å². The zero-order valence-electron chi connectivity index (χ0n) is 13.2. The van der Waals surface area contributed by atoms with Crippen molar-refractivity contribution in [1.29, 1.82) is 0 Å². The number of nitro benzene ring substituents is 2. The number of nitro groups is 2. The van der Waals surface area contributed by atoms with Crippen molar-refractivity contribution in [2.75, 3.05) is 0 Å². The first-order valence-electron chi connectivity index (χ1n) is 6.75. The van der Waals surface area contributed by atoms with E-state index in [2.05, 4.69) is 10.2 Å². The Kier molecular flexibility index (Phi) is 5.50. The van der Waals surface area contributed by atoms with Crippen molar-refractivity contribution < 1.29 is 35.8 Å². The molecule has 14 nitrogen and oxygen atoms in total. The topological polar surface area (TPSA) is 220 Å². The number of azo groups is 1. The maximum Gasteiger partial charge on any atom is 0.368 e. The molecule has 0 aliphatic rings. The minimum absolute atomic E-state index is 0.0956. The molecule has 2 N–H and O–H groups in total. The van der Waals surface area contributed by atoms with E-state index >= 15 is 0 Å². The molecule has 0 saturated carbocycles. The summed E-state index contributed by atoms with van der Waals surface area (Å²) in [5, 5.41) is 29.2.